The van der Waals surface area contributed by atoms with Crippen molar-refractivity contribution in [2.75, 3.05) is 0 Å². The van der Waals surface area contributed by atoms with E-state index in [2.05, 4.69) is 37.2 Å². The summed E-state index contributed by atoms with van der Waals surface area (Å²) in [4.78, 5) is 11.4. The van der Waals surface area contributed by atoms with Crippen LogP contribution in [0.25, 0.3) is 0 Å². The first kappa shape index (κ1) is 11.7. The lowest BCUT2D eigenvalue weighted by Crippen LogP contribution is -2.38. The smallest absolute Gasteiger partial charge is 0.253 e. The van der Waals surface area contributed by atoms with Crippen LogP contribution in [0.1, 0.15) is 10.4 Å². The zero-order chi connectivity index (χ0) is 10.6. The minimum Gasteiger partial charge on any atom is -0.372 e. The number of carbonyl (C=O) groups excluding carboxylic acids is 1. The van der Waals surface area contributed by atoms with E-state index in [0.717, 1.165) is 0 Å². The normalized spacial score (nSPS) is 12.6. The lowest BCUT2D eigenvalue weighted by Gasteiger charge is -2.13. The minimum atomic E-state index is -0.956. The Hall–Kier alpha value is -0.390. The number of alkyl halides is 2. The Kier molecular flexibility index (Phi) is 4.57. The van der Waals surface area contributed by atoms with E-state index < -0.39 is 6.23 Å². The molecular weight excluding hydrogens is 314 g/mol. The summed E-state index contributed by atoms with van der Waals surface area (Å²) in [5.74, 6) is -0.304. The average molecular weight is 323 g/mol. The molecule has 0 aliphatic rings. The van der Waals surface area contributed by atoms with E-state index in [4.69, 9.17) is 0 Å². The highest BCUT2D eigenvalue weighted by molar-refractivity contribution is 9.24. The van der Waals surface area contributed by atoms with Crippen LogP contribution < -0.4 is 5.32 Å². The molecular formula is C9H9Br2NO2. The standard InChI is InChI=1S/C9H9Br2NO2/c10-7(11)9(14)12-8(13)6-4-2-1-3-5-6/h1-5,7,9,14H,(H,12,13). The summed E-state index contributed by atoms with van der Waals surface area (Å²) in [6.45, 7) is 0. The monoisotopic (exact) mass is 321 g/mol. The molecule has 76 valence electrons. The summed E-state index contributed by atoms with van der Waals surface area (Å²) in [7, 11) is 0. The Bertz CT molecular complexity index is 303. The van der Waals surface area contributed by atoms with Gasteiger partial charge in [0, 0.05) is 5.56 Å². The van der Waals surface area contributed by atoms with Gasteiger partial charge in [0.1, 0.15) is 9.96 Å². The zero-order valence-corrected chi connectivity index (χ0v) is 10.3. The van der Waals surface area contributed by atoms with Gasteiger partial charge in [0.05, 0.1) is 0 Å². The third-order valence-electron chi connectivity index (χ3n) is 1.55. The molecule has 0 aliphatic carbocycles. The third kappa shape index (κ3) is 3.40. The fourth-order valence-electron chi connectivity index (χ4n) is 0.870. The molecule has 2 N–H and O–H groups in total. The maximum Gasteiger partial charge on any atom is 0.253 e. The summed E-state index contributed by atoms with van der Waals surface area (Å²) in [5, 5.41) is 11.8. The van der Waals surface area contributed by atoms with Crippen LogP contribution in [0, 0.1) is 0 Å². The van der Waals surface area contributed by atoms with E-state index in [0.29, 0.717) is 5.56 Å². The Labute approximate surface area is 98.8 Å². The predicted molar refractivity (Wildman–Crippen MR) is 61.6 cm³/mol. The highest BCUT2D eigenvalue weighted by atomic mass is 79.9. The molecule has 14 heavy (non-hydrogen) atoms. The van der Waals surface area contributed by atoms with Crippen LogP contribution in [-0.4, -0.2) is 21.0 Å². The van der Waals surface area contributed by atoms with Gasteiger partial charge in [-0.3, -0.25) is 4.79 Å². The second kappa shape index (κ2) is 5.48. The van der Waals surface area contributed by atoms with Gasteiger partial charge in [-0.2, -0.15) is 0 Å². The lowest BCUT2D eigenvalue weighted by atomic mass is 10.2. The van der Waals surface area contributed by atoms with Gasteiger partial charge in [0.25, 0.3) is 5.91 Å². The van der Waals surface area contributed by atoms with Gasteiger partial charge in [0.15, 0.2) is 0 Å². The van der Waals surface area contributed by atoms with Crippen LogP contribution in [0.5, 0.6) is 0 Å². The first-order valence-corrected chi connectivity index (χ1v) is 5.76. The molecule has 0 heterocycles. The molecule has 1 unspecified atom stereocenters. The molecule has 1 aromatic rings. The molecule has 0 radical (unpaired) electrons. The number of aliphatic hydroxyl groups is 1. The second-order valence-electron chi connectivity index (χ2n) is 2.62. The summed E-state index contributed by atoms with van der Waals surface area (Å²) < 4.78 is -0.359. The molecule has 0 saturated carbocycles. The molecule has 0 aliphatic heterocycles. The molecule has 1 amide bonds. The number of aliphatic hydroxyl groups excluding tert-OH is 1. The molecule has 0 saturated heterocycles. The topological polar surface area (TPSA) is 49.3 Å². The van der Waals surface area contributed by atoms with E-state index in [1.807, 2.05) is 6.07 Å². The molecule has 1 aromatic carbocycles. The van der Waals surface area contributed by atoms with Crippen molar-refractivity contribution in [2.45, 2.75) is 9.96 Å². The fourth-order valence-corrected chi connectivity index (χ4v) is 1.13. The van der Waals surface area contributed by atoms with Crippen molar-refractivity contribution in [2.24, 2.45) is 0 Å². The van der Waals surface area contributed by atoms with Gasteiger partial charge in [-0.05, 0) is 12.1 Å². The second-order valence-corrected chi connectivity index (χ2v) is 5.82. The Morgan fingerprint density at radius 3 is 2.36 bits per heavy atom. The van der Waals surface area contributed by atoms with Crippen LogP contribution in [0.2, 0.25) is 0 Å². The number of hydrogen-bond donors (Lipinski definition) is 2. The van der Waals surface area contributed by atoms with Gasteiger partial charge in [-0.15, -0.1) is 0 Å². The third-order valence-corrected chi connectivity index (χ3v) is 2.56. The maximum absolute atomic E-state index is 11.4. The van der Waals surface area contributed by atoms with Gasteiger partial charge < -0.3 is 10.4 Å². The Morgan fingerprint density at radius 2 is 1.86 bits per heavy atom. The van der Waals surface area contributed by atoms with Crippen LogP contribution in [0.3, 0.4) is 0 Å². The van der Waals surface area contributed by atoms with Crippen LogP contribution in [-0.2, 0) is 0 Å². The van der Waals surface area contributed by atoms with E-state index in [-0.39, 0.29) is 9.64 Å². The first-order valence-electron chi connectivity index (χ1n) is 3.93. The van der Waals surface area contributed by atoms with Crippen molar-refractivity contribution in [1.29, 1.82) is 0 Å². The maximum atomic E-state index is 11.4. The number of amides is 1. The van der Waals surface area contributed by atoms with Crippen LogP contribution in [0.15, 0.2) is 30.3 Å². The fraction of sp³-hybridized carbons (Fsp3) is 0.222. The summed E-state index contributed by atoms with van der Waals surface area (Å²) >= 11 is 6.19. The van der Waals surface area contributed by atoms with Crippen molar-refractivity contribution < 1.29 is 9.90 Å². The van der Waals surface area contributed by atoms with Gasteiger partial charge in [-0.25, -0.2) is 0 Å². The van der Waals surface area contributed by atoms with E-state index in [9.17, 15) is 9.90 Å². The number of benzene rings is 1. The number of nitrogens with one attached hydrogen (secondary N) is 1. The van der Waals surface area contributed by atoms with E-state index in [1.54, 1.807) is 24.3 Å². The van der Waals surface area contributed by atoms with Crippen molar-refractivity contribution in [1.82, 2.24) is 5.32 Å². The zero-order valence-electron chi connectivity index (χ0n) is 7.15. The average Bonchev–Trinajstić information content (AvgIpc) is 2.19. The van der Waals surface area contributed by atoms with Crippen molar-refractivity contribution >= 4 is 37.8 Å². The molecule has 0 spiro atoms. The van der Waals surface area contributed by atoms with Crippen molar-refractivity contribution in [3.8, 4) is 0 Å². The summed E-state index contributed by atoms with van der Waals surface area (Å²) in [5.41, 5.74) is 0.521. The summed E-state index contributed by atoms with van der Waals surface area (Å²) in [6.07, 6.45) is -0.956. The molecule has 1 atom stereocenters. The number of hydrogen-bond acceptors (Lipinski definition) is 2. The van der Waals surface area contributed by atoms with Crippen molar-refractivity contribution in [3.63, 3.8) is 0 Å². The number of halogens is 2. The molecule has 0 bridgehead atoms. The SMILES string of the molecule is O=C(NC(O)C(Br)Br)c1ccccc1. The molecule has 5 heteroatoms. The highest BCUT2D eigenvalue weighted by Gasteiger charge is 2.15. The van der Waals surface area contributed by atoms with E-state index in [1.165, 1.54) is 0 Å². The quantitative estimate of drug-likeness (QED) is 0.659. The van der Waals surface area contributed by atoms with Gasteiger partial charge >= 0.3 is 0 Å². The molecule has 0 fully saturated rings. The minimum absolute atomic E-state index is 0.304. The largest absolute Gasteiger partial charge is 0.372 e. The predicted octanol–water partition coefficient (Wildman–Crippen LogP) is 1.85. The summed E-state index contributed by atoms with van der Waals surface area (Å²) in [6, 6.07) is 8.71. The van der Waals surface area contributed by atoms with Gasteiger partial charge in [-0.1, -0.05) is 50.1 Å². The Balaban J connectivity index is 2.60. The van der Waals surface area contributed by atoms with Crippen LogP contribution >= 0.6 is 31.9 Å². The van der Waals surface area contributed by atoms with Crippen molar-refractivity contribution in [3.05, 3.63) is 35.9 Å². The number of rotatable bonds is 3. The number of carbonyl (C=O) groups is 1. The molecule has 1 rings (SSSR count). The van der Waals surface area contributed by atoms with Gasteiger partial charge in [0.2, 0.25) is 0 Å². The van der Waals surface area contributed by atoms with E-state index >= 15 is 0 Å². The lowest BCUT2D eigenvalue weighted by molar-refractivity contribution is 0.0818. The molecule has 0 aromatic heterocycles. The molecule has 3 nitrogen and oxygen atoms in total. The van der Waals surface area contributed by atoms with Crippen LogP contribution in [0.4, 0.5) is 0 Å². The Morgan fingerprint density at radius 1 is 1.29 bits per heavy atom. The highest BCUT2D eigenvalue weighted by Crippen LogP contribution is 2.11. The first-order chi connectivity index (χ1) is 6.61.